The molecule has 1 aromatic rings. The highest BCUT2D eigenvalue weighted by Gasteiger charge is 2.43. The molecule has 0 fully saturated rings. The lowest BCUT2D eigenvalue weighted by molar-refractivity contribution is -0.139. The molecule has 5 nitrogen and oxygen atoms in total. The summed E-state index contributed by atoms with van der Waals surface area (Å²) in [6.45, 7) is 5.83. The summed E-state index contributed by atoms with van der Waals surface area (Å²) in [7, 11) is 0. The van der Waals surface area contributed by atoms with Crippen LogP contribution in [0.2, 0.25) is 0 Å². The number of rotatable bonds is 4. The van der Waals surface area contributed by atoms with Crippen LogP contribution in [0.4, 0.5) is 0 Å². The van der Waals surface area contributed by atoms with E-state index in [1.807, 2.05) is 44.2 Å². The molecule has 1 N–H and O–H groups in total. The first kappa shape index (κ1) is 16.8. The van der Waals surface area contributed by atoms with Gasteiger partial charge in [0.1, 0.15) is 11.7 Å². The van der Waals surface area contributed by atoms with Crippen LogP contribution in [0.25, 0.3) is 5.76 Å². The molecule has 2 atom stereocenters. The molecule has 0 spiro atoms. The number of hydrogen-bond donors (Lipinski definition) is 1. The minimum absolute atomic E-state index is 0.0120. The van der Waals surface area contributed by atoms with E-state index >= 15 is 0 Å². The van der Waals surface area contributed by atoms with E-state index in [4.69, 9.17) is 14.9 Å². The Morgan fingerprint density at radius 3 is 2.57 bits per heavy atom. The Labute approximate surface area is 136 Å². The summed E-state index contributed by atoms with van der Waals surface area (Å²) in [4.78, 5) is 12.5. The van der Waals surface area contributed by atoms with Gasteiger partial charge < -0.3 is 9.47 Å². The van der Waals surface area contributed by atoms with E-state index in [1.54, 1.807) is 6.92 Å². The molecule has 0 saturated heterocycles. The zero-order chi connectivity index (χ0) is 17.0. The summed E-state index contributed by atoms with van der Waals surface area (Å²) in [5.74, 6) is -1.53. The van der Waals surface area contributed by atoms with Crippen molar-refractivity contribution in [3.05, 3.63) is 41.5 Å². The molecule has 1 heterocycles. The number of esters is 1. The quantitative estimate of drug-likeness (QED) is 0.864. The average molecular weight is 312 g/mol. The lowest BCUT2D eigenvalue weighted by Crippen LogP contribution is -2.37. The smallest absolute Gasteiger partial charge is 0.338 e. The molecule has 0 aliphatic carbocycles. The lowest BCUT2D eigenvalue weighted by atomic mass is 9.75. The second-order valence-electron chi connectivity index (χ2n) is 5.67. The Hall–Kier alpha value is -2.61. The predicted molar refractivity (Wildman–Crippen MR) is 86.2 cm³/mol. The van der Waals surface area contributed by atoms with Gasteiger partial charge in [-0.1, -0.05) is 44.2 Å². The Morgan fingerprint density at radius 1 is 1.39 bits per heavy atom. The maximum Gasteiger partial charge on any atom is 0.338 e. The fourth-order valence-electron chi connectivity index (χ4n) is 2.81. The Balaban J connectivity index is 2.67. The molecule has 0 saturated carbocycles. The van der Waals surface area contributed by atoms with Gasteiger partial charge in [-0.15, -0.1) is 0 Å². The monoisotopic (exact) mass is 312 g/mol. The highest BCUT2D eigenvalue weighted by molar-refractivity contribution is 6.02. The summed E-state index contributed by atoms with van der Waals surface area (Å²) < 4.78 is 10.8. The molecule has 1 aliphatic rings. The predicted octanol–water partition coefficient (Wildman–Crippen LogP) is 3.38. The SMILES string of the molecule is CCOC(=O)C1=C(c2ccccc2)OC(=N)C(C#N)C1C(C)C. The molecule has 23 heavy (non-hydrogen) atoms. The third-order valence-corrected chi connectivity index (χ3v) is 3.82. The van der Waals surface area contributed by atoms with Crippen LogP contribution in [0.15, 0.2) is 35.9 Å². The normalized spacial score (nSPS) is 20.9. The molecule has 0 radical (unpaired) electrons. The van der Waals surface area contributed by atoms with Gasteiger partial charge >= 0.3 is 5.97 Å². The van der Waals surface area contributed by atoms with E-state index in [1.165, 1.54) is 0 Å². The third kappa shape index (κ3) is 3.26. The van der Waals surface area contributed by atoms with Gasteiger partial charge in [0.15, 0.2) is 0 Å². The summed E-state index contributed by atoms with van der Waals surface area (Å²) in [6.07, 6.45) is 0. The fraction of sp³-hybridized carbons (Fsp3) is 0.389. The van der Waals surface area contributed by atoms with Gasteiger partial charge in [-0.2, -0.15) is 5.26 Å². The number of nitriles is 1. The first-order valence-electron chi connectivity index (χ1n) is 7.63. The van der Waals surface area contributed by atoms with Gasteiger partial charge in [-0.25, -0.2) is 4.79 Å². The zero-order valence-corrected chi connectivity index (χ0v) is 13.5. The fourth-order valence-corrected chi connectivity index (χ4v) is 2.81. The van der Waals surface area contributed by atoms with Crippen LogP contribution in [0.5, 0.6) is 0 Å². The van der Waals surface area contributed by atoms with Crippen LogP contribution in [-0.2, 0) is 14.3 Å². The van der Waals surface area contributed by atoms with Crippen LogP contribution in [-0.4, -0.2) is 18.5 Å². The van der Waals surface area contributed by atoms with Crippen molar-refractivity contribution in [2.24, 2.45) is 17.8 Å². The van der Waals surface area contributed by atoms with Crippen molar-refractivity contribution in [3.63, 3.8) is 0 Å². The molecule has 0 bridgehead atoms. The number of nitrogens with one attached hydrogen (secondary N) is 1. The first-order chi connectivity index (χ1) is 11.0. The van der Waals surface area contributed by atoms with Crippen molar-refractivity contribution in [1.82, 2.24) is 0 Å². The van der Waals surface area contributed by atoms with E-state index in [0.29, 0.717) is 16.9 Å². The van der Waals surface area contributed by atoms with E-state index in [0.717, 1.165) is 0 Å². The highest BCUT2D eigenvalue weighted by Crippen LogP contribution is 2.40. The van der Waals surface area contributed by atoms with Crippen LogP contribution < -0.4 is 0 Å². The Kier molecular flexibility index (Phi) is 5.17. The standard InChI is InChI=1S/C18H20N2O3/c1-4-22-18(21)15-14(11(2)3)13(10-19)17(20)23-16(15)12-8-6-5-7-9-12/h5-9,11,13-14,20H,4H2,1-3H3. The van der Waals surface area contributed by atoms with Gasteiger partial charge in [-0.3, -0.25) is 5.41 Å². The number of ether oxygens (including phenoxy) is 2. The third-order valence-electron chi connectivity index (χ3n) is 3.82. The van der Waals surface area contributed by atoms with Crippen molar-refractivity contribution in [1.29, 1.82) is 10.7 Å². The molecular formula is C18H20N2O3. The number of benzene rings is 1. The zero-order valence-electron chi connectivity index (χ0n) is 13.5. The lowest BCUT2D eigenvalue weighted by Gasteiger charge is -2.33. The molecule has 5 heteroatoms. The highest BCUT2D eigenvalue weighted by atomic mass is 16.5. The van der Waals surface area contributed by atoms with E-state index in [9.17, 15) is 10.1 Å². The van der Waals surface area contributed by atoms with Gasteiger partial charge in [-0.05, 0) is 12.8 Å². The van der Waals surface area contributed by atoms with Crippen molar-refractivity contribution < 1.29 is 14.3 Å². The van der Waals surface area contributed by atoms with Crippen molar-refractivity contribution in [3.8, 4) is 6.07 Å². The van der Waals surface area contributed by atoms with E-state index < -0.39 is 17.8 Å². The molecule has 2 rings (SSSR count). The van der Waals surface area contributed by atoms with E-state index in [-0.39, 0.29) is 18.4 Å². The number of carbonyl (C=O) groups is 1. The average Bonchev–Trinajstić information content (AvgIpc) is 2.54. The van der Waals surface area contributed by atoms with Crippen molar-refractivity contribution in [2.75, 3.05) is 6.61 Å². The Morgan fingerprint density at radius 2 is 2.04 bits per heavy atom. The van der Waals surface area contributed by atoms with Crippen LogP contribution in [0, 0.1) is 34.5 Å². The van der Waals surface area contributed by atoms with Crippen molar-refractivity contribution in [2.45, 2.75) is 20.8 Å². The topological polar surface area (TPSA) is 83.2 Å². The molecule has 0 aromatic heterocycles. The maximum atomic E-state index is 12.5. The van der Waals surface area contributed by atoms with Crippen LogP contribution in [0.3, 0.4) is 0 Å². The first-order valence-corrected chi connectivity index (χ1v) is 7.63. The number of hydrogen-bond acceptors (Lipinski definition) is 5. The molecule has 2 unspecified atom stereocenters. The second-order valence-corrected chi connectivity index (χ2v) is 5.67. The maximum absolute atomic E-state index is 12.5. The molecule has 1 aromatic carbocycles. The van der Waals surface area contributed by atoms with Gasteiger partial charge in [0.2, 0.25) is 5.90 Å². The van der Waals surface area contributed by atoms with Gasteiger partial charge in [0.05, 0.1) is 18.2 Å². The van der Waals surface area contributed by atoms with E-state index in [2.05, 4.69) is 6.07 Å². The molecule has 0 amide bonds. The van der Waals surface area contributed by atoms with Crippen LogP contribution >= 0.6 is 0 Å². The van der Waals surface area contributed by atoms with Crippen LogP contribution in [0.1, 0.15) is 26.3 Å². The molecular weight excluding hydrogens is 292 g/mol. The largest absolute Gasteiger partial charge is 0.463 e. The minimum atomic E-state index is -0.790. The number of carbonyl (C=O) groups excluding carboxylic acids is 1. The second kappa shape index (κ2) is 7.10. The van der Waals surface area contributed by atoms with Gasteiger partial charge in [0.25, 0.3) is 0 Å². The minimum Gasteiger partial charge on any atom is -0.463 e. The molecule has 120 valence electrons. The number of nitrogens with zero attached hydrogens (tertiary/aromatic N) is 1. The van der Waals surface area contributed by atoms with Gasteiger partial charge in [0, 0.05) is 11.5 Å². The summed E-state index contributed by atoms with van der Waals surface area (Å²) in [5, 5.41) is 17.5. The molecule has 1 aliphatic heterocycles. The summed E-state index contributed by atoms with van der Waals surface area (Å²) in [6, 6.07) is 11.2. The van der Waals surface area contributed by atoms with Crippen molar-refractivity contribution >= 4 is 17.6 Å². The summed E-state index contributed by atoms with van der Waals surface area (Å²) in [5.41, 5.74) is 1.04. The summed E-state index contributed by atoms with van der Waals surface area (Å²) >= 11 is 0. The Bertz CT molecular complexity index is 671.